The molecule has 39 heavy (non-hydrogen) atoms. The van der Waals surface area contributed by atoms with E-state index < -0.39 is 5.95 Å². The van der Waals surface area contributed by atoms with E-state index in [1.54, 1.807) is 19.2 Å². The van der Waals surface area contributed by atoms with E-state index in [9.17, 15) is 9.65 Å². The molecule has 1 fully saturated rings. The van der Waals surface area contributed by atoms with E-state index in [0.29, 0.717) is 34.0 Å². The number of aromatic nitrogens is 2. The minimum Gasteiger partial charge on any atom is -0.383 e. The molecule has 3 aromatic rings. The summed E-state index contributed by atoms with van der Waals surface area (Å²) in [5, 5.41) is 20.2. The Bertz CT molecular complexity index is 1490. The molecular formula is C29H34ClFN8. The molecular weight excluding hydrogens is 515 g/mol. The van der Waals surface area contributed by atoms with Crippen molar-refractivity contribution in [2.45, 2.75) is 65.5 Å². The highest BCUT2D eigenvalue weighted by Crippen LogP contribution is 2.45. The third-order valence-electron chi connectivity index (χ3n) is 7.45. The van der Waals surface area contributed by atoms with Gasteiger partial charge in [0.15, 0.2) is 0 Å². The van der Waals surface area contributed by atoms with Gasteiger partial charge in [-0.05, 0) is 49.8 Å². The highest BCUT2D eigenvalue weighted by Gasteiger charge is 2.47. The van der Waals surface area contributed by atoms with Gasteiger partial charge in [0.25, 0.3) is 0 Å². The predicted octanol–water partition coefficient (Wildman–Crippen LogP) is 6.32. The molecule has 4 N–H and O–H groups in total. The van der Waals surface area contributed by atoms with Crippen LogP contribution in [-0.4, -0.2) is 27.1 Å². The van der Waals surface area contributed by atoms with Crippen molar-refractivity contribution in [1.82, 2.24) is 25.9 Å². The molecule has 0 saturated heterocycles. The van der Waals surface area contributed by atoms with Crippen molar-refractivity contribution in [3.05, 3.63) is 70.2 Å². The number of nitrogens with one attached hydrogen (secondary N) is 4. The van der Waals surface area contributed by atoms with E-state index in [-0.39, 0.29) is 17.0 Å². The minimum atomic E-state index is -0.524. The first kappa shape index (κ1) is 27.0. The lowest BCUT2D eigenvalue weighted by Gasteiger charge is -2.25. The lowest BCUT2D eigenvalue weighted by atomic mass is 9.96. The Kier molecular flexibility index (Phi) is 7.04. The minimum absolute atomic E-state index is 0.00290. The van der Waals surface area contributed by atoms with Crippen LogP contribution in [0.2, 0.25) is 5.02 Å². The zero-order chi connectivity index (χ0) is 27.9. The normalized spacial score (nSPS) is 16.9. The molecule has 5 rings (SSSR count). The summed E-state index contributed by atoms with van der Waals surface area (Å²) in [5.41, 5.74) is 11.5. The number of benzene rings is 1. The molecule has 1 aromatic carbocycles. The molecule has 8 nitrogen and oxygen atoms in total. The Balaban J connectivity index is 1.58. The summed E-state index contributed by atoms with van der Waals surface area (Å²) < 4.78 is 13.9. The summed E-state index contributed by atoms with van der Waals surface area (Å²) in [6.45, 7) is 11.0. The number of fused-ring (bicyclic) bond motifs is 1. The van der Waals surface area contributed by atoms with Crippen molar-refractivity contribution in [2.75, 3.05) is 17.2 Å². The third-order valence-corrected chi connectivity index (χ3v) is 7.74. The third kappa shape index (κ3) is 5.45. The number of nitrogens with zero attached hydrogens (tertiary/aromatic N) is 4. The molecule has 0 radical (unpaired) electrons. The second kappa shape index (κ2) is 10.2. The molecule has 1 aliphatic heterocycles. The van der Waals surface area contributed by atoms with Crippen molar-refractivity contribution >= 4 is 33.9 Å². The Morgan fingerprint density at radius 2 is 2.05 bits per heavy atom. The van der Waals surface area contributed by atoms with Gasteiger partial charge in [-0.15, -0.1) is 5.53 Å². The molecule has 0 amide bonds. The van der Waals surface area contributed by atoms with Gasteiger partial charge in [-0.2, -0.15) is 9.65 Å². The lowest BCUT2D eigenvalue weighted by molar-refractivity contribution is 0.171. The van der Waals surface area contributed by atoms with Crippen LogP contribution >= 0.6 is 11.6 Å². The van der Waals surface area contributed by atoms with Gasteiger partial charge in [-0.1, -0.05) is 45.4 Å². The zero-order valence-electron chi connectivity index (χ0n) is 22.9. The van der Waals surface area contributed by atoms with Crippen LogP contribution in [0.1, 0.15) is 69.8 Å². The Hall–Kier alpha value is -3.61. The molecule has 1 saturated carbocycles. The molecule has 0 spiro atoms. The number of hydrogen-bond acceptors (Lipinski definition) is 8. The first-order chi connectivity index (χ1) is 18.5. The smallest absolute Gasteiger partial charge is 0.213 e. The van der Waals surface area contributed by atoms with E-state index in [1.165, 1.54) is 6.07 Å². The number of hydrogen-bond donors (Lipinski definition) is 4. The molecule has 1 aliphatic carbocycles. The van der Waals surface area contributed by atoms with Gasteiger partial charge in [-0.3, -0.25) is 9.99 Å². The van der Waals surface area contributed by atoms with E-state index >= 15 is 0 Å². The SMILES string of the molecule is CCC1(N2C=C([C@@H](Nc3cc(Cl)c4ncc(C#N)c(NCC(C)(C)C)c4c3)c3ccc(F)nc3C)NN2)CC1. The van der Waals surface area contributed by atoms with Gasteiger partial charge in [0.1, 0.15) is 6.07 Å². The quantitative estimate of drug-likeness (QED) is 0.242. The maximum atomic E-state index is 13.9. The summed E-state index contributed by atoms with van der Waals surface area (Å²) in [7, 11) is 0. The summed E-state index contributed by atoms with van der Waals surface area (Å²) in [4.78, 5) is 8.55. The summed E-state index contributed by atoms with van der Waals surface area (Å²) in [6, 6.07) is 8.77. The highest BCUT2D eigenvalue weighted by atomic mass is 35.5. The summed E-state index contributed by atoms with van der Waals surface area (Å²) in [6.07, 6.45) is 6.90. The fourth-order valence-electron chi connectivity index (χ4n) is 4.95. The zero-order valence-corrected chi connectivity index (χ0v) is 23.7. The summed E-state index contributed by atoms with van der Waals surface area (Å²) in [5.74, 6) is -0.524. The van der Waals surface area contributed by atoms with Crippen LogP contribution in [0.4, 0.5) is 15.8 Å². The van der Waals surface area contributed by atoms with Crippen LogP contribution in [0.5, 0.6) is 0 Å². The number of halogens is 2. The second-order valence-corrected chi connectivity index (χ2v) is 12.0. The van der Waals surface area contributed by atoms with Gasteiger partial charge in [0.2, 0.25) is 5.95 Å². The Morgan fingerprint density at radius 3 is 2.69 bits per heavy atom. The van der Waals surface area contributed by atoms with E-state index in [0.717, 1.165) is 41.6 Å². The van der Waals surface area contributed by atoms with Crippen LogP contribution in [0, 0.1) is 29.6 Å². The average molecular weight is 549 g/mol. The number of anilines is 2. The average Bonchev–Trinajstić information content (AvgIpc) is 3.53. The van der Waals surface area contributed by atoms with Gasteiger partial charge in [-0.25, -0.2) is 4.98 Å². The number of rotatable bonds is 8. The maximum Gasteiger partial charge on any atom is 0.213 e. The topological polar surface area (TPSA) is 101 Å². The van der Waals surface area contributed by atoms with Gasteiger partial charge in [0, 0.05) is 41.3 Å². The molecule has 2 aliphatic rings. The van der Waals surface area contributed by atoms with Crippen molar-refractivity contribution < 1.29 is 4.39 Å². The predicted molar refractivity (Wildman–Crippen MR) is 153 cm³/mol. The fourth-order valence-corrected chi connectivity index (χ4v) is 5.22. The van der Waals surface area contributed by atoms with Crippen LogP contribution in [0.25, 0.3) is 10.9 Å². The van der Waals surface area contributed by atoms with Crippen LogP contribution < -0.4 is 21.6 Å². The van der Waals surface area contributed by atoms with E-state index in [4.69, 9.17) is 11.6 Å². The maximum absolute atomic E-state index is 13.9. The van der Waals surface area contributed by atoms with Crippen LogP contribution in [0.15, 0.2) is 42.4 Å². The number of aryl methyl sites for hydroxylation is 1. The van der Waals surface area contributed by atoms with Gasteiger partial charge < -0.3 is 16.1 Å². The largest absolute Gasteiger partial charge is 0.383 e. The van der Waals surface area contributed by atoms with Crippen LogP contribution in [0.3, 0.4) is 0 Å². The second-order valence-electron chi connectivity index (χ2n) is 11.6. The molecule has 0 unspecified atom stereocenters. The Labute approximate surface area is 233 Å². The van der Waals surface area contributed by atoms with Crippen molar-refractivity contribution in [1.29, 1.82) is 5.26 Å². The molecule has 1 atom stereocenters. The van der Waals surface area contributed by atoms with Gasteiger partial charge >= 0.3 is 0 Å². The van der Waals surface area contributed by atoms with Crippen molar-refractivity contribution in [3.8, 4) is 6.07 Å². The number of nitriles is 1. The number of hydrazine groups is 2. The first-order valence-corrected chi connectivity index (χ1v) is 13.6. The van der Waals surface area contributed by atoms with Crippen molar-refractivity contribution in [3.63, 3.8) is 0 Å². The molecule has 0 bridgehead atoms. The monoisotopic (exact) mass is 548 g/mol. The van der Waals surface area contributed by atoms with E-state index in [1.807, 2.05) is 12.1 Å². The molecule has 10 heteroatoms. The number of pyridine rings is 2. The molecule has 2 aromatic heterocycles. The Morgan fingerprint density at radius 1 is 1.28 bits per heavy atom. The molecule has 204 valence electrons. The molecule has 3 heterocycles. The van der Waals surface area contributed by atoms with E-state index in [2.05, 4.69) is 76.5 Å². The first-order valence-electron chi connectivity index (χ1n) is 13.2. The van der Waals surface area contributed by atoms with Gasteiger partial charge in [0.05, 0.1) is 39.1 Å². The summed E-state index contributed by atoms with van der Waals surface area (Å²) >= 11 is 6.75. The van der Waals surface area contributed by atoms with Crippen molar-refractivity contribution in [2.24, 2.45) is 5.41 Å². The standard InChI is InChI=1S/C29H34ClFN8/c1-6-29(9-10-29)39-15-23(37-38-39)27(20-7-8-24(31)35-17(20)2)36-19-11-21-25(34-16-28(3,4)5)18(13-32)14-33-26(21)22(30)12-19/h7-8,11-12,14-15,27,36-38H,6,9-10,16H2,1-5H3,(H,33,34)/t27-/m0/s1. The lowest BCUT2D eigenvalue weighted by Crippen LogP contribution is -2.44. The fraction of sp³-hybridized carbons (Fsp3) is 0.414. The van der Waals surface area contributed by atoms with Crippen LogP contribution in [-0.2, 0) is 0 Å². The highest BCUT2D eigenvalue weighted by molar-refractivity contribution is 6.35.